The number of amidine groups is 1. The number of likely N-dealkylation sites (N-methyl/N-ethyl adjacent to an activating group) is 1. The molecule has 2 aromatic carbocycles. The van der Waals surface area contributed by atoms with Gasteiger partial charge in [0.05, 0.1) is 27.5 Å². The monoisotopic (exact) mass is 572 g/mol. The van der Waals surface area contributed by atoms with Gasteiger partial charge in [0.15, 0.2) is 15.6 Å². The van der Waals surface area contributed by atoms with Crippen LogP contribution in [-0.2, 0) is 21.1 Å². The Balaban J connectivity index is 1.41. The number of sulfone groups is 1. The summed E-state index contributed by atoms with van der Waals surface area (Å²) in [5.74, 6) is -0.905. The lowest BCUT2D eigenvalue weighted by molar-refractivity contribution is -0.116. The zero-order valence-electron chi connectivity index (χ0n) is 20.4. The molecule has 0 aliphatic carbocycles. The number of carbonyl (C=O) groups excluding carboxylic acids is 1. The Bertz CT molecular complexity index is 1800. The number of benzene rings is 2. The van der Waals surface area contributed by atoms with Gasteiger partial charge in [0.25, 0.3) is 5.56 Å². The molecule has 0 N–H and O–H groups in total. The average Bonchev–Trinajstić information content (AvgIpc) is 3.48. The number of carbonyl (C=O) groups is 1. The van der Waals surface area contributed by atoms with Crippen molar-refractivity contribution in [2.75, 3.05) is 25.9 Å². The average molecular weight is 573 g/mol. The van der Waals surface area contributed by atoms with Gasteiger partial charge in [-0.25, -0.2) is 17.8 Å². The van der Waals surface area contributed by atoms with E-state index in [1.807, 2.05) is 11.9 Å². The van der Waals surface area contributed by atoms with Crippen molar-refractivity contribution in [3.05, 3.63) is 86.0 Å². The molecule has 5 rings (SSSR count). The van der Waals surface area contributed by atoms with Gasteiger partial charge in [0.1, 0.15) is 27.4 Å². The lowest BCUT2D eigenvalue weighted by Crippen LogP contribution is -2.25. The fourth-order valence-electron chi connectivity index (χ4n) is 4.43. The quantitative estimate of drug-likeness (QED) is 0.334. The number of halogens is 2. The highest BCUT2D eigenvalue weighted by Crippen LogP contribution is 2.27. The number of fused-ring (bicyclic) bond motifs is 1. The number of hydrogen-bond acceptors (Lipinski definition) is 8. The van der Waals surface area contributed by atoms with Crippen molar-refractivity contribution >= 4 is 55.3 Å². The van der Waals surface area contributed by atoms with E-state index in [2.05, 4.69) is 9.98 Å². The Kier molecular flexibility index (Phi) is 6.93. The van der Waals surface area contributed by atoms with E-state index in [0.29, 0.717) is 33.2 Å². The lowest BCUT2D eigenvalue weighted by Gasteiger charge is -2.15. The van der Waals surface area contributed by atoms with Crippen molar-refractivity contribution in [1.29, 1.82) is 0 Å². The Hall–Kier alpha value is -3.41. The number of rotatable bonds is 7. The summed E-state index contributed by atoms with van der Waals surface area (Å²) < 4.78 is 41.6. The molecule has 0 atom stereocenters. The van der Waals surface area contributed by atoms with Crippen LogP contribution in [0.1, 0.15) is 17.0 Å². The SMILES string of the molecule is Cc1nc2cc(C3=NCCN3C)ccc2c(=O)n1-c1ccc(CC(=O)CS(=O)(=O)c2ccc(Cl)s2)cc1F. The number of ketones is 1. The molecule has 12 heteroatoms. The molecule has 0 fully saturated rings. The smallest absolute Gasteiger partial charge is 0.266 e. The summed E-state index contributed by atoms with van der Waals surface area (Å²) >= 11 is 6.68. The van der Waals surface area contributed by atoms with Gasteiger partial charge in [-0.1, -0.05) is 23.7 Å². The molecule has 196 valence electrons. The van der Waals surface area contributed by atoms with Crippen LogP contribution in [0.5, 0.6) is 0 Å². The predicted molar refractivity (Wildman–Crippen MR) is 146 cm³/mol. The van der Waals surface area contributed by atoms with Crippen LogP contribution in [-0.4, -0.2) is 60.4 Å². The van der Waals surface area contributed by atoms with Gasteiger partial charge in [-0.05, 0) is 48.9 Å². The number of aryl methyl sites for hydroxylation is 1. The van der Waals surface area contributed by atoms with Crippen LogP contribution in [0.3, 0.4) is 0 Å². The molecule has 1 aliphatic rings. The van der Waals surface area contributed by atoms with E-state index in [-0.39, 0.29) is 16.3 Å². The Labute approximate surface area is 227 Å². The van der Waals surface area contributed by atoms with Crippen LogP contribution < -0.4 is 5.56 Å². The molecule has 0 bridgehead atoms. The highest BCUT2D eigenvalue weighted by Gasteiger charge is 2.22. The second kappa shape index (κ2) is 10.0. The first kappa shape index (κ1) is 26.2. The van der Waals surface area contributed by atoms with Gasteiger partial charge in [-0.3, -0.25) is 19.1 Å². The minimum atomic E-state index is -3.84. The third-order valence-electron chi connectivity index (χ3n) is 6.21. The molecule has 0 radical (unpaired) electrons. The molecular formula is C26H22ClFN4O4S2. The Morgan fingerprint density at radius 3 is 2.61 bits per heavy atom. The number of aliphatic imine (C=N–C) groups is 1. The summed E-state index contributed by atoms with van der Waals surface area (Å²) in [7, 11) is -1.89. The van der Waals surface area contributed by atoms with Crippen molar-refractivity contribution in [2.24, 2.45) is 4.99 Å². The van der Waals surface area contributed by atoms with Crippen LogP contribution in [0, 0.1) is 12.7 Å². The van der Waals surface area contributed by atoms with Gasteiger partial charge < -0.3 is 4.90 Å². The van der Waals surface area contributed by atoms with E-state index in [0.717, 1.165) is 35.3 Å². The maximum atomic E-state index is 15.2. The van der Waals surface area contributed by atoms with Crippen LogP contribution >= 0.6 is 22.9 Å². The van der Waals surface area contributed by atoms with Crippen molar-refractivity contribution in [2.45, 2.75) is 17.6 Å². The molecule has 2 aromatic heterocycles. The standard InChI is InChI=1S/C26H22ClFN4O4S2/c1-15-30-21-13-17(25-29-9-10-31(25)2)4-5-19(21)26(34)32(15)22-6-3-16(12-20(22)28)11-18(33)14-38(35,36)24-8-7-23(27)37-24/h3-8,12-13H,9-11,14H2,1-2H3. The third kappa shape index (κ3) is 5.01. The second-order valence-corrected chi connectivity index (χ2v) is 12.9. The van der Waals surface area contributed by atoms with E-state index in [1.165, 1.54) is 28.8 Å². The number of Topliss-reactive ketones (excluding diaryl/α,β-unsaturated/α-hetero) is 1. The number of hydrogen-bond donors (Lipinski definition) is 0. The first-order valence-electron chi connectivity index (χ1n) is 11.6. The number of thiophene rings is 1. The van der Waals surface area contributed by atoms with Crippen LogP contribution in [0.15, 0.2) is 62.5 Å². The van der Waals surface area contributed by atoms with E-state index in [4.69, 9.17) is 11.6 Å². The highest BCUT2D eigenvalue weighted by molar-refractivity contribution is 7.94. The van der Waals surface area contributed by atoms with Crippen LogP contribution in [0.4, 0.5) is 4.39 Å². The summed E-state index contributed by atoms with van der Waals surface area (Å²) in [4.78, 5) is 36.9. The summed E-state index contributed by atoms with van der Waals surface area (Å²) in [5.41, 5.74) is 1.19. The first-order chi connectivity index (χ1) is 18.0. The fourth-order valence-corrected chi connectivity index (χ4v) is 7.24. The van der Waals surface area contributed by atoms with E-state index >= 15 is 4.39 Å². The van der Waals surface area contributed by atoms with Gasteiger partial charge in [-0.15, -0.1) is 11.3 Å². The second-order valence-electron chi connectivity index (χ2n) is 8.98. The minimum absolute atomic E-state index is 0.00593. The maximum absolute atomic E-state index is 15.2. The van der Waals surface area contributed by atoms with E-state index in [1.54, 1.807) is 25.1 Å². The van der Waals surface area contributed by atoms with E-state index in [9.17, 15) is 18.0 Å². The van der Waals surface area contributed by atoms with Gasteiger partial charge in [0.2, 0.25) is 0 Å². The topological polar surface area (TPSA) is 102 Å². The molecule has 0 saturated carbocycles. The zero-order chi connectivity index (χ0) is 27.2. The molecule has 8 nitrogen and oxygen atoms in total. The third-order valence-corrected chi connectivity index (χ3v) is 9.70. The molecule has 38 heavy (non-hydrogen) atoms. The summed E-state index contributed by atoms with van der Waals surface area (Å²) in [6, 6.07) is 12.1. The van der Waals surface area contributed by atoms with Crippen molar-refractivity contribution in [3.8, 4) is 5.69 Å². The van der Waals surface area contributed by atoms with Crippen molar-refractivity contribution < 1.29 is 17.6 Å². The van der Waals surface area contributed by atoms with Crippen molar-refractivity contribution in [1.82, 2.24) is 14.5 Å². The van der Waals surface area contributed by atoms with Gasteiger partial charge in [-0.2, -0.15) is 0 Å². The van der Waals surface area contributed by atoms with Gasteiger partial charge >= 0.3 is 0 Å². The molecule has 0 unspecified atom stereocenters. The molecule has 0 amide bonds. The maximum Gasteiger partial charge on any atom is 0.266 e. The lowest BCUT2D eigenvalue weighted by atomic mass is 10.1. The van der Waals surface area contributed by atoms with Crippen LogP contribution in [0.25, 0.3) is 16.6 Å². The molecule has 4 aromatic rings. The molecule has 0 spiro atoms. The number of aromatic nitrogens is 2. The number of nitrogens with zero attached hydrogens (tertiary/aromatic N) is 4. The van der Waals surface area contributed by atoms with Crippen LogP contribution in [0.2, 0.25) is 4.34 Å². The molecular weight excluding hydrogens is 551 g/mol. The summed E-state index contributed by atoms with van der Waals surface area (Å²) in [5, 5.41) is 0.332. The fraction of sp³-hybridized carbons (Fsp3) is 0.231. The highest BCUT2D eigenvalue weighted by atomic mass is 35.5. The van der Waals surface area contributed by atoms with E-state index < -0.39 is 32.7 Å². The summed E-state index contributed by atoms with van der Waals surface area (Å²) in [6.45, 7) is 3.14. The first-order valence-corrected chi connectivity index (χ1v) is 14.5. The Morgan fingerprint density at radius 1 is 1.16 bits per heavy atom. The molecule has 1 aliphatic heterocycles. The zero-order valence-corrected chi connectivity index (χ0v) is 22.8. The van der Waals surface area contributed by atoms with Gasteiger partial charge in [0, 0.05) is 25.6 Å². The predicted octanol–water partition coefficient (Wildman–Crippen LogP) is 3.83. The molecule has 3 heterocycles. The normalized spacial score (nSPS) is 13.8. The largest absolute Gasteiger partial charge is 0.358 e. The Morgan fingerprint density at radius 2 is 1.95 bits per heavy atom. The molecule has 0 saturated heterocycles. The summed E-state index contributed by atoms with van der Waals surface area (Å²) in [6.07, 6.45) is -0.277. The minimum Gasteiger partial charge on any atom is -0.358 e. The van der Waals surface area contributed by atoms with Crippen molar-refractivity contribution in [3.63, 3.8) is 0 Å².